The van der Waals surface area contributed by atoms with Gasteiger partial charge in [-0.25, -0.2) is 0 Å². The van der Waals surface area contributed by atoms with Crippen LogP contribution in [0.2, 0.25) is 0 Å². The Labute approximate surface area is 181 Å². The van der Waals surface area contributed by atoms with Gasteiger partial charge in [0.25, 0.3) is 0 Å². The minimum absolute atomic E-state index is 0.0753. The number of nitrogens with one attached hydrogen (secondary N) is 1. The molecule has 0 unspecified atom stereocenters. The number of ether oxygens (including phenoxy) is 2. The number of carbonyl (C=O) groups is 1. The first-order valence-corrected chi connectivity index (χ1v) is 9.46. The van der Waals surface area contributed by atoms with Crippen LogP contribution < -0.4 is 9.47 Å². The number of hydrogen-bond donors (Lipinski definition) is 1. The molecule has 0 saturated heterocycles. The third-order valence-electron chi connectivity index (χ3n) is 4.43. The van der Waals surface area contributed by atoms with E-state index in [9.17, 15) is 18.0 Å². The highest BCUT2D eigenvalue weighted by atomic mass is 32.1. The number of halogens is 3. The number of amides is 1. The van der Waals surface area contributed by atoms with E-state index in [0.29, 0.717) is 17.1 Å². The van der Waals surface area contributed by atoms with Gasteiger partial charge in [-0.2, -0.15) is 5.10 Å². The monoisotopic (exact) mass is 452 g/mol. The second-order valence-corrected chi connectivity index (χ2v) is 6.96. The molecule has 0 aliphatic heterocycles. The van der Waals surface area contributed by atoms with Crippen molar-refractivity contribution in [1.29, 1.82) is 0 Å². The number of H-pyrrole nitrogens is 1. The Bertz CT molecular complexity index is 1110. The molecule has 0 aliphatic rings. The number of hydrogen-bond acceptors (Lipinski definition) is 5. The zero-order chi connectivity index (χ0) is 22.6. The van der Waals surface area contributed by atoms with Gasteiger partial charge in [-0.15, -0.1) is 13.2 Å². The zero-order valence-corrected chi connectivity index (χ0v) is 17.5. The van der Waals surface area contributed by atoms with Gasteiger partial charge in [0, 0.05) is 24.7 Å². The van der Waals surface area contributed by atoms with Gasteiger partial charge in [-0.1, -0.05) is 18.2 Å². The average molecular weight is 452 g/mol. The lowest BCUT2D eigenvalue weighted by molar-refractivity contribution is -0.275. The minimum atomic E-state index is -4.82. The highest BCUT2D eigenvalue weighted by molar-refractivity contribution is 7.71. The molecule has 3 aromatic rings. The van der Waals surface area contributed by atoms with Crippen LogP contribution >= 0.6 is 12.2 Å². The van der Waals surface area contributed by atoms with Gasteiger partial charge < -0.3 is 14.4 Å². The molecule has 0 aliphatic carbocycles. The lowest BCUT2D eigenvalue weighted by Gasteiger charge is -2.20. The molecule has 1 N–H and O–H groups in total. The first kappa shape index (κ1) is 22.3. The Morgan fingerprint density at radius 2 is 1.87 bits per heavy atom. The van der Waals surface area contributed by atoms with Gasteiger partial charge in [0.05, 0.1) is 7.11 Å². The molecule has 2 aromatic carbocycles. The molecule has 0 fully saturated rings. The number of benzene rings is 2. The van der Waals surface area contributed by atoms with E-state index in [2.05, 4.69) is 14.9 Å². The number of nitrogens with zero attached hydrogens (tertiary/aromatic N) is 3. The molecule has 0 atom stereocenters. The van der Waals surface area contributed by atoms with Crippen molar-refractivity contribution in [2.75, 3.05) is 14.2 Å². The smallest absolute Gasteiger partial charge is 0.497 e. The van der Waals surface area contributed by atoms with Gasteiger partial charge in [0.2, 0.25) is 5.91 Å². The highest BCUT2D eigenvalue weighted by Crippen LogP contribution is 2.27. The Balaban J connectivity index is 1.77. The number of carbonyl (C=O) groups excluding carboxylic acids is 1. The first-order valence-electron chi connectivity index (χ1n) is 9.05. The lowest BCUT2D eigenvalue weighted by atomic mass is 10.2. The Morgan fingerprint density at radius 1 is 1.19 bits per heavy atom. The van der Waals surface area contributed by atoms with Crippen molar-refractivity contribution in [1.82, 2.24) is 19.7 Å². The van der Waals surface area contributed by atoms with E-state index in [1.807, 2.05) is 0 Å². The highest BCUT2D eigenvalue weighted by Gasteiger charge is 2.32. The fourth-order valence-electron chi connectivity index (χ4n) is 2.88. The second-order valence-electron chi connectivity index (χ2n) is 6.57. The van der Waals surface area contributed by atoms with Crippen LogP contribution in [0.1, 0.15) is 5.56 Å². The summed E-state index contributed by atoms with van der Waals surface area (Å²) in [6.07, 6.45) is -4.82. The summed E-state index contributed by atoms with van der Waals surface area (Å²) in [6, 6.07) is 12.7. The van der Waals surface area contributed by atoms with Gasteiger partial charge in [0.1, 0.15) is 18.0 Å². The Morgan fingerprint density at radius 3 is 2.52 bits per heavy atom. The summed E-state index contributed by atoms with van der Waals surface area (Å²) in [5.41, 5.74) is 0.939. The summed E-state index contributed by atoms with van der Waals surface area (Å²) in [4.78, 5) is 14.1. The van der Waals surface area contributed by atoms with Crippen LogP contribution in [0.3, 0.4) is 0 Å². The van der Waals surface area contributed by atoms with Crippen molar-refractivity contribution in [2.24, 2.45) is 0 Å². The predicted octanol–water partition coefficient (Wildman–Crippen LogP) is 4.17. The number of methoxy groups -OCH3 is 1. The van der Waals surface area contributed by atoms with Crippen LogP contribution in [0.4, 0.5) is 13.2 Å². The lowest BCUT2D eigenvalue weighted by Crippen LogP contribution is -2.30. The number of aromatic nitrogens is 3. The standard InChI is InChI=1S/C20H19F3N4O3S/c1-26(11-14-5-3-4-6-16(14)30-20(21,22)23)17(28)12-27-18(24-25-19(27)31)13-7-9-15(29-2)10-8-13/h3-10H,11-12H2,1-2H3,(H,25,31). The van der Waals surface area contributed by atoms with E-state index >= 15 is 0 Å². The van der Waals surface area contributed by atoms with Crippen molar-refractivity contribution in [3.63, 3.8) is 0 Å². The van der Waals surface area contributed by atoms with Crippen LogP contribution in [-0.2, 0) is 17.9 Å². The topological polar surface area (TPSA) is 72.4 Å². The maximum atomic E-state index is 12.8. The Kier molecular flexibility index (Phi) is 6.64. The van der Waals surface area contributed by atoms with Gasteiger partial charge in [-0.3, -0.25) is 14.5 Å². The summed E-state index contributed by atoms with van der Waals surface area (Å²) < 4.78 is 48.8. The normalized spacial score (nSPS) is 11.3. The van der Waals surface area contributed by atoms with Gasteiger partial charge in [-0.05, 0) is 42.5 Å². The minimum Gasteiger partial charge on any atom is -0.497 e. The number of aromatic amines is 1. The van der Waals surface area contributed by atoms with Crippen LogP contribution in [0, 0.1) is 4.77 Å². The number of likely N-dealkylation sites (N-methyl/N-ethyl adjacent to an activating group) is 1. The molecule has 0 spiro atoms. The first-order chi connectivity index (χ1) is 14.7. The molecule has 11 heteroatoms. The van der Waals surface area contributed by atoms with E-state index in [1.54, 1.807) is 37.4 Å². The number of para-hydroxylation sites is 1. The molecule has 0 bridgehead atoms. The molecule has 31 heavy (non-hydrogen) atoms. The van der Waals surface area contributed by atoms with Gasteiger partial charge in [0.15, 0.2) is 10.6 Å². The average Bonchev–Trinajstić information content (AvgIpc) is 3.08. The molecule has 7 nitrogen and oxygen atoms in total. The molecule has 1 amide bonds. The summed E-state index contributed by atoms with van der Waals surface area (Å²) >= 11 is 5.24. The van der Waals surface area contributed by atoms with Crippen molar-refractivity contribution < 1.29 is 27.4 Å². The molecule has 0 saturated carbocycles. The van der Waals surface area contributed by atoms with Crippen LogP contribution in [-0.4, -0.2) is 46.1 Å². The quantitative estimate of drug-likeness (QED) is 0.545. The SMILES string of the molecule is COc1ccc(-c2n[nH]c(=S)n2CC(=O)N(C)Cc2ccccc2OC(F)(F)F)cc1. The van der Waals surface area contributed by atoms with E-state index in [1.165, 1.54) is 34.7 Å². The second kappa shape index (κ2) is 9.21. The molecular weight excluding hydrogens is 433 g/mol. The molecule has 1 heterocycles. The third-order valence-corrected chi connectivity index (χ3v) is 4.74. The molecule has 1 aromatic heterocycles. The molecular formula is C20H19F3N4O3S. The van der Waals surface area contributed by atoms with E-state index < -0.39 is 6.36 Å². The number of alkyl halides is 3. The van der Waals surface area contributed by atoms with Crippen molar-refractivity contribution in [3.8, 4) is 22.9 Å². The fraction of sp³-hybridized carbons (Fsp3) is 0.250. The molecule has 0 radical (unpaired) electrons. The molecule has 3 rings (SSSR count). The maximum absolute atomic E-state index is 12.8. The summed E-state index contributed by atoms with van der Waals surface area (Å²) in [5.74, 6) is 0.401. The summed E-state index contributed by atoms with van der Waals surface area (Å²) in [6.45, 7) is -0.219. The zero-order valence-electron chi connectivity index (χ0n) is 16.6. The van der Waals surface area contributed by atoms with E-state index in [-0.39, 0.29) is 35.1 Å². The number of rotatable bonds is 7. The van der Waals surface area contributed by atoms with Crippen LogP contribution in [0.25, 0.3) is 11.4 Å². The van der Waals surface area contributed by atoms with Crippen molar-refractivity contribution in [3.05, 3.63) is 58.9 Å². The Hall–Kier alpha value is -3.34. The third kappa shape index (κ3) is 5.63. The summed E-state index contributed by atoms with van der Waals surface area (Å²) in [5, 5.41) is 6.84. The summed E-state index contributed by atoms with van der Waals surface area (Å²) in [7, 11) is 3.04. The van der Waals surface area contributed by atoms with Gasteiger partial charge >= 0.3 is 6.36 Å². The fourth-order valence-corrected chi connectivity index (χ4v) is 3.08. The van der Waals surface area contributed by atoms with Crippen LogP contribution in [0.5, 0.6) is 11.5 Å². The molecule has 164 valence electrons. The van der Waals surface area contributed by atoms with Crippen molar-refractivity contribution >= 4 is 18.1 Å². The van der Waals surface area contributed by atoms with E-state index in [4.69, 9.17) is 17.0 Å². The largest absolute Gasteiger partial charge is 0.573 e. The maximum Gasteiger partial charge on any atom is 0.573 e. The van der Waals surface area contributed by atoms with E-state index in [0.717, 1.165) is 0 Å². The van der Waals surface area contributed by atoms with Crippen LogP contribution in [0.15, 0.2) is 48.5 Å². The predicted molar refractivity (Wildman–Crippen MR) is 109 cm³/mol. The van der Waals surface area contributed by atoms with Crippen molar-refractivity contribution in [2.45, 2.75) is 19.5 Å².